The molecule has 0 spiro atoms. The lowest BCUT2D eigenvalue weighted by molar-refractivity contribution is 0.113. The smallest absolute Gasteiger partial charge is 0.317 e. The van der Waals surface area contributed by atoms with Crippen molar-refractivity contribution in [1.29, 1.82) is 0 Å². The summed E-state index contributed by atoms with van der Waals surface area (Å²) in [6.45, 7) is 1.54. The van der Waals surface area contributed by atoms with Crippen molar-refractivity contribution in [1.82, 2.24) is 10.2 Å². The first-order valence-corrected chi connectivity index (χ1v) is 8.98. The second kappa shape index (κ2) is 7.82. The van der Waals surface area contributed by atoms with Gasteiger partial charge in [0.1, 0.15) is 0 Å². The molecule has 3 rings (SSSR count). The van der Waals surface area contributed by atoms with Gasteiger partial charge in [-0.05, 0) is 50.0 Å². The molecule has 2 amide bonds. The average Bonchev–Trinajstić information content (AvgIpc) is 2.52. The van der Waals surface area contributed by atoms with Crippen LogP contribution in [0.4, 0.5) is 4.79 Å². The highest BCUT2D eigenvalue weighted by molar-refractivity contribution is 5.74. The van der Waals surface area contributed by atoms with Gasteiger partial charge in [0.15, 0.2) is 0 Å². The SMILES string of the molecule is O=C(NC1CCC(O)CC1)N(Cc1ccccc1)CC1CCC1. The van der Waals surface area contributed by atoms with E-state index in [1.165, 1.54) is 24.8 Å². The monoisotopic (exact) mass is 316 g/mol. The molecule has 0 unspecified atom stereocenters. The van der Waals surface area contributed by atoms with Crippen LogP contribution in [0.2, 0.25) is 0 Å². The standard InChI is InChI=1S/C19H28N2O2/c22-18-11-9-17(10-12-18)20-19(23)21(14-16-7-4-8-16)13-15-5-2-1-3-6-15/h1-3,5-6,16-18,22H,4,7-14H2,(H,20,23). The third-order valence-electron chi connectivity index (χ3n) is 5.23. The Morgan fingerprint density at radius 1 is 1.09 bits per heavy atom. The van der Waals surface area contributed by atoms with E-state index in [-0.39, 0.29) is 18.2 Å². The molecule has 2 aliphatic rings. The number of nitrogens with zero attached hydrogens (tertiary/aromatic N) is 1. The number of hydrogen-bond acceptors (Lipinski definition) is 2. The van der Waals surface area contributed by atoms with Crippen molar-refractivity contribution in [3.05, 3.63) is 35.9 Å². The maximum Gasteiger partial charge on any atom is 0.317 e. The largest absolute Gasteiger partial charge is 0.393 e. The lowest BCUT2D eigenvalue weighted by atomic mass is 9.85. The normalized spacial score (nSPS) is 24.7. The third kappa shape index (κ3) is 4.71. The number of aliphatic hydroxyl groups excluding tert-OH is 1. The minimum atomic E-state index is -0.182. The fraction of sp³-hybridized carbons (Fsp3) is 0.632. The number of carbonyl (C=O) groups excluding carboxylic acids is 1. The summed E-state index contributed by atoms with van der Waals surface area (Å²) in [5.41, 5.74) is 1.18. The molecular weight excluding hydrogens is 288 g/mol. The quantitative estimate of drug-likeness (QED) is 0.875. The number of urea groups is 1. The van der Waals surface area contributed by atoms with Gasteiger partial charge in [0.2, 0.25) is 0 Å². The lowest BCUT2D eigenvalue weighted by Gasteiger charge is -2.34. The zero-order valence-electron chi connectivity index (χ0n) is 13.8. The summed E-state index contributed by atoms with van der Waals surface area (Å²) in [6, 6.07) is 10.5. The van der Waals surface area contributed by atoms with Gasteiger partial charge in [-0.15, -0.1) is 0 Å². The highest BCUT2D eigenvalue weighted by Gasteiger charge is 2.26. The predicted octanol–water partition coefficient (Wildman–Crippen LogP) is 3.30. The molecule has 2 fully saturated rings. The Labute approximate surface area is 138 Å². The highest BCUT2D eigenvalue weighted by atomic mass is 16.3. The van der Waals surface area contributed by atoms with Crippen LogP contribution in [0.15, 0.2) is 30.3 Å². The van der Waals surface area contributed by atoms with Gasteiger partial charge >= 0.3 is 6.03 Å². The first kappa shape index (κ1) is 16.3. The molecule has 0 bridgehead atoms. The summed E-state index contributed by atoms with van der Waals surface area (Å²) >= 11 is 0. The summed E-state index contributed by atoms with van der Waals surface area (Å²) < 4.78 is 0. The van der Waals surface area contributed by atoms with E-state index in [0.29, 0.717) is 12.5 Å². The van der Waals surface area contributed by atoms with E-state index in [1.54, 1.807) is 0 Å². The van der Waals surface area contributed by atoms with E-state index >= 15 is 0 Å². The van der Waals surface area contributed by atoms with E-state index in [2.05, 4.69) is 17.4 Å². The van der Waals surface area contributed by atoms with Crippen molar-refractivity contribution >= 4 is 6.03 Å². The fourth-order valence-electron chi connectivity index (χ4n) is 3.50. The summed E-state index contributed by atoms with van der Waals surface area (Å²) in [6.07, 6.45) is 6.97. The lowest BCUT2D eigenvalue weighted by Crippen LogP contribution is -2.48. The van der Waals surface area contributed by atoms with Crippen molar-refractivity contribution in [2.45, 2.75) is 63.6 Å². The molecule has 2 saturated carbocycles. The molecule has 2 aliphatic carbocycles. The van der Waals surface area contributed by atoms with Crippen LogP contribution in [0.3, 0.4) is 0 Å². The van der Waals surface area contributed by atoms with Gasteiger partial charge in [-0.2, -0.15) is 0 Å². The number of carbonyl (C=O) groups is 1. The molecule has 4 nitrogen and oxygen atoms in total. The minimum absolute atomic E-state index is 0.0575. The van der Waals surface area contributed by atoms with Crippen LogP contribution >= 0.6 is 0 Å². The van der Waals surface area contributed by atoms with Gasteiger partial charge in [-0.25, -0.2) is 4.79 Å². The van der Waals surface area contributed by atoms with Crippen LogP contribution in [0.1, 0.15) is 50.5 Å². The van der Waals surface area contributed by atoms with E-state index in [1.807, 2.05) is 23.1 Å². The highest BCUT2D eigenvalue weighted by Crippen LogP contribution is 2.28. The zero-order chi connectivity index (χ0) is 16.1. The first-order chi connectivity index (χ1) is 11.2. The number of rotatable bonds is 5. The van der Waals surface area contributed by atoms with Crippen molar-refractivity contribution in [3.63, 3.8) is 0 Å². The van der Waals surface area contributed by atoms with Crippen molar-refractivity contribution in [2.75, 3.05) is 6.54 Å². The van der Waals surface area contributed by atoms with Crippen molar-refractivity contribution in [2.24, 2.45) is 5.92 Å². The molecule has 0 atom stereocenters. The number of amides is 2. The maximum absolute atomic E-state index is 12.7. The van der Waals surface area contributed by atoms with Crippen LogP contribution in [0.5, 0.6) is 0 Å². The molecule has 23 heavy (non-hydrogen) atoms. The van der Waals surface area contributed by atoms with Crippen LogP contribution in [0.25, 0.3) is 0 Å². The van der Waals surface area contributed by atoms with E-state index in [9.17, 15) is 9.90 Å². The molecule has 0 aliphatic heterocycles. The number of nitrogens with one attached hydrogen (secondary N) is 1. The molecule has 0 aromatic heterocycles. The second-order valence-electron chi connectivity index (χ2n) is 7.12. The third-order valence-corrected chi connectivity index (χ3v) is 5.23. The van der Waals surface area contributed by atoms with Crippen LogP contribution in [0, 0.1) is 5.92 Å². The van der Waals surface area contributed by atoms with Crippen LogP contribution < -0.4 is 5.32 Å². The molecular formula is C19H28N2O2. The van der Waals surface area contributed by atoms with Gasteiger partial charge in [-0.1, -0.05) is 36.8 Å². The predicted molar refractivity (Wildman–Crippen MR) is 91.0 cm³/mol. The maximum atomic E-state index is 12.7. The van der Waals surface area contributed by atoms with Gasteiger partial charge in [0.25, 0.3) is 0 Å². The number of benzene rings is 1. The van der Waals surface area contributed by atoms with Crippen molar-refractivity contribution in [3.8, 4) is 0 Å². The van der Waals surface area contributed by atoms with Crippen LogP contribution in [-0.2, 0) is 6.54 Å². The van der Waals surface area contributed by atoms with Crippen molar-refractivity contribution < 1.29 is 9.90 Å². The summed E-state index contributed by atoms with van der Waals surface area (Å²) in [4.78, 5) is 14.7. The van der Waals surface area contributed by atoms with E-state index in [0.717, 1.165) is 32.2 Å². The molecule has 1 aromatic carbocycles. The topological polar surface area (TPSA) is 52.6 Å². The molecule has 126 valence electrons. The Bertz CT molecular complexity index is 493. The summed E-state index contributed by atoms with van der Waals surface area (Å²) in [7, 11) is 0. The Hall–Kier alpha value is -1.55. The Balaban J connectivity index is 1.58. The van der Waals surface area contributed by atoms with E-state index in [4.69, 9.17) is 0 Å². The molecule has 1 aromatic rings. The van der Waals surface area contributed by atoms with Gasteiger partial charge in [0, 0.05) is 19.1 Å². The average molecular weight is 316 g/mol. The van der Waals surface area contributed by atoms with Gasteiger partial charge < -0.3 is 15.3 Å². The van der Waals surface area contributed by atoms with Gasteiger partial charge in [0.05, 0.1) is 6.10 Å². The Morgan fingerprint density at radius 3 is 2.39 bits per heavy atom. The molecule has 0 radical (unpaired) electrons. The molecule has 0 saturated heterocycles. The Kier molecular flexibility index (Phi) is 5.55. The van der Waals surface area contributed by atoms with Crippen LogP contribution in [-0.4, -0.2) is 34.7 Å². The zero-order valence-corrected chi connectivity index (χ0v) is 13.8. The number of hydrogen-bond donors (Lipinski definition) is 2. The molecule has 2 N–H and O–H groups in total. The fourth-order valence-corrected chi connectivity index (χ4v) is 3.50. The summed E-state index contributed by atoms with van der Waals surface area (Å²) in [5, 5.41) is 12.8. The number of aliphatic hydroxyl groups is 1. The summed E-state index contributed by atoms with van der Waals surface area (Å²) in [5.74, 6) is 0.664. The Morgan fingerprint density at radius 2 is 1.78 bits per heavy atom. The molecule has 4 heteroatoms. The first-order valence-electron chi connectivity index (χ1n) is 8.98. The minimum Gasteiger partial charge on any atom is -0.393 e. The molecule has 0 heterocycles. The van der Waals surface area contributed by atoms with E-state index < -0.39 is 0 Å². The second-order valence-corrected chi connectivity index (χ2v) is 7.12. The van der Waals surface area contributed by atoms with Gasteiger partial charge in [-0.3, -0.25) is 0 Å².